The van der Waals surface area contributed by atoms with Gasteiger partial charge >= 0.3 is 0 Å². The normalized spacial score (nSPS) is 18.3. The van der Waals surface area contributed by atoms with Gasteiger partial charge in [0.15, 0.2) is 0 Å². The van der Waals surface area contributed by atoms with Gasteiger partial charge in [0.05, 0.1) is 10.9 Å². The number of nitrogens with one attached hydrogen (secondary N) is 2. The molecule has 18 heavy (non-hydrogen) atoms. The maximum atomic E-state index is 11.6. The van der Waals surface area contributed by atoms with Crippen LogP contribution in [0.5, 0.6) is 0 Å². The van der Waals surface area contributed by atoms with Crippen LogP contribution in [0.25, 0.3) is 0 Å². The Labute approximate surface area is 113 Å². The number of thioether (sulfide) groups is 1. The van der Waals surface area contributed by atoms with Crippen molar-refractivity contribution in [2.24, 2.45) is 0 Å². The Bertz CT molecular complexity index is 434. The molecule has 0 spiro atoms. The fraction of sp³-hybridized carbons (Fsp3) is 0.500. The summed E-state index contributed by atoms with van der Waals surface area (Å²) < 4.78 is 0. The minimum Gasteiger partial charge on any atom is -0.324 e. The van der Waals surface area contributed by atoms with Crippen LogP contribution in [0.4, 0.5) is 5.69 Å². The fourth-order valence-electron chi connectivity index (χ4n) is 2.01. The zero-order chi connectivity index (χ0) is 13.0. The Morgan fingerprint density at radius 1 is 1.44 bits per heavy atom. The van der Waals surface area contributed by atoms with E-state index >= 15 is 0 Å². The molecule has 1 unspecified atom stereocenters. The molecule has 1 atom stereocenters. The summed E-state index contributed by atoms with van der Waals surface area (Å²) in [6, 6.07) is 6.40. The molecule has 1 heterocycles. The zero-order valence-electron chi connectivity index (χ0n) is 11.0. The lowest BCUT2D eigenvalue weighted by Crippen LogP contribution is -2.26. The summed E-state index contributed by atoms with van der Waals surface area (Å²) in [6.45, 7) is 6.13. The highest BCUT2D eigenvalue weighted by atomic mass is 32.2. The average Bonchev–Trinajstić information content (AvgIpc) is 2.36. The van der Waals surface area contributed by atoms with Gasteiger partial charge in [0, 0.05) is 4.90 Å². The highest BCUT2D eigenvalue weighted by Gasteiger charge is 2.22. The van der Waals surface area contributed by atoms with Crippen LogP contribution in [0.2, 0.25) is 0 Å². The second-order valence-electron chi connectivity index (χ2n) is 4.54. The number of anilines is 1. The van der Waals surface area contributed by atoms with Crippen LogP contribution < -0.4 is 10.6 Å². The van der Waals surface area contributed by atoms with E-state index in [1.165, 1.54) is 10.5 Å². The van der Waals surface area contributed by atoms with Crippen molar-refractivity contribution >= 4 is 23.4 Å². The standard InChI is InChI=1S/C14H20N2OS/c1-3-15-8-4-5-11-6-7-13-12(9-11)16-14(17)10(2)18-13/h6-7,9-10,15H,3-5,8H2,1-2H3,(H,16,17). The lowest BCUT2D eigenvalue weighted by Gasteiger charge is -2.21. The highest BCUT2D eigenvalue weighted by Crippen LogP contribution is 2.36. The topological polar surface area (TPSA) is 41.1 Å². The van der Waals surface area contributed by atoms with Gasteiger partial charge in [-0.05, 0) is 50.6 Å². The molecule has 0 aliphatic carbocycles. The Balaban J connectivity index is 1.99. The Kier molecular flexibility index (Phi) is 4.66. The second-order valence-corrected chi connectivity index (χ2v) is 5.92. The first kappa shape index (κ1) is 13.4. The number of amides is 1. The van der Waals surface area contributed by atoms with Crippen LogP contribution in [0.15, 0.2) is 23.1 Å². The van der Waals surface area contributed by atoms with Crippen molar-refractivity contribution in [3.05, 3.63) is 23.8 Å². The summed E-state index contributed by atoms with van der Waals surface area (Å²) in [5, 5.41) is 6.31. The molecule has 1 aromatic carbocycles. The number of hydrogen-bond acceptors (Lipinski definition) is 3. The minimum atomic E-state index is 0.0112. The van der Waals surface area contributed by atoms with E-state index in [1.807, 2.05) is 6.92 Å². The maximum Gasteiger partial charge on any atom is 0.237 e. The van der Waals surface area contributed by atoms with Gasteiger partial charge in [0.25, 0.3) is 0 Å². The van der Waals surface area contributed by atoms with Gasteiger partial charge in [0.2, 0.25) is 5.91 Å². The average molecular weight is 264 g/mol. The summed E-state index contributed by atoms with van der Waals surface area (Å²) in [6.07, 6.45) is 2.18. The first-order valence-corrected chi connectivity index (χ1v) is 7.40. The summed E-state index contributed by atoms with van der Waals surface area (Å²) in [7, 11) is 0. The van der Waals surface area contributed by atoms with E-state index in [4.69, 9.17) is 0 Å². The molecular formula is C14H20N2OS. The number of fused-ring (bicyclic) bond motifs is 1. The van der Waals surface area contributed by atoms with Crippen LogP contribution in [-0.2, 0) is 11.2 Å². The molecule has 1 aliphatic heterocycles. The van der Waals surface area contributed by atoms with Gasteiger partial charge in [-0.1, -0.05) is 13.0 Å². The Hall–Kier alpha value is -1.000. The van der Waals surface area contributed by atoms with Crippen LogP contribution in [0.1, 0.15) is 25.8 Å². The quantitative estimate of drug-likeness (QED) is 0.803. The van der Waals surface area contributed by atoms with Crippen LogP contribution in [-0.4, -0.2) is 24.2 Å². The van der Waals surface area contributed by atoms with E-state index in [-0.39, 0.29) is 11.2 Å². The number of carbonyl (C=O) groups excluding carboxylic acids is 1. The van der Waals surface area contributed by atoms with Gasteiger partial charge < -0.3 is 10.6 Å². The second kappa shape index (κ2) is 6.25. The van der Waals surface area contributed by atoms with Crippen LogP contribution in [0, 0.1) is 0 Å². The largest absolute Gasteiger partial charge is 0.324 e. The lowest BCUT2D eigenvalue weighted by molar-refractivity contribution is -0.115. The monoisotopic (exact) mass is 264 g/mol. The number of aryl methyl sites for hydroxylation is 1. The van der Waals surface area contributed by atoms with Crippen molar-refractivity contribution in [2.75, 3.05) is 18.4 Å². The van der Waals surface area contributed by atoms with Crippen LogP contribution in [0.3, 0.4) is 0 Å². The number of carbonyl (C=O) groups is 1. The molecule has 0 saturated heterocycles. The van der Waals surface area contributed by atoms with Gasteiger partial charge in [0.1, 0.15) is 0 Å². The molecule has 0 fully saturated rings. The van der Waals surface area contributed by atoms with Crippen molar-refractivity contribution in [2.45, 2.75) is 36.8 Å². The first-order chi connectivity index (χ1) is 8.70. The summed E-state index contributed by atoms with van der Waals surface area (Å²) >= 11 is 1.64. The van der Waals surface area contributed by atoms with E-state index in [9.17, 15) is 4.79 Å². The van der Waals surface area contributed by atoms with Gasteiger partial charge in [-0.15, -0.1) is 11.8 Å². The molecule has 4 heteroatoms. The highest BCUT2D eigenvalue weighted by molar-refractivity contribution is 8.00. The van der Waals surface area contributed by atoms with Crippen molar-refractivity contribution in [1.82, 2.24) is 5.32 Å². The first-order valence-electron chi connectivity index (χ1n) is 6.52. The molecule has 1 aromatic rings. The third kappa shape index (κ3) is 3.27. The number of benzene rings is 1. The van der Waals surface area contributed by atoms with Gasteiger partial charge in [-0.2, -0.15) is 0 Å². The summed E-state index contributed by atoms with van der Waals surface area (Å²) in [5.41, 5.74) is 2.27. The molecule has 0 radical (unpaired) electrons. The van der Waals surface area contributed by atoms with Gasteiger partial charge in [-0.3, -0.25) is 4.79 Å². The summed E-state index contributed by atoms with van der Waals surface area (Å²) in [4.78, 5) is 12.8. The number of rotatable bonds is 5. The molecule has 0 bridgehead atoms. The molecule has 1 amide bonds. The zero-order valence-corrected chi connectivity index (χ0v) is 11.8. The van der Waals surface area contributed by atoms with E-state index in [1.54, 1.807) is 11.8 Å². The molecule has 98 valence electrons. The molecule has 1 aliphatic rings. The third-order valence-electron chi connectivity index (χ3n) is 3.04. The van der Waals surface area contributed by atoms with E-state index in [2.05, 4.69) is 35.8 Å². The smallest absolute Gasteiger partial charge is 0.237 e. The molecular weight excluding hydrogens is 244 g/mol. The van der Waals surface area contributed by atoms with E-state index in [0.29, 0.717) is 0 Å². The maximum absolute atomic E-state index is 11.6. The molecule has 2 N–H and O–H groups in total. The van der Waals surface area contributed by atoms with Crippen molar-refractivity contribution in [1.29, 1.82) is 0 Å². The molecule has 0 saturated carbocycles. The summed E-state index contributed by atoms with van der Waals surface area (Å²) in [5.74, 6) is 0.109. The van der Waals surface area contributed by atoms with E-state index < -0.39 is 0 Å². The van der Waals surface area contributed by atoms with Gasteiger partial charge in [-0.25, -0.2) is 0 Å². The number of hydrogen-bond donors (Lipinski definition) is 2. The predicted octanol–water partition coefficient (Wildman–Crippen LogP) is 2.66. The van der Waals surface area contributed by atoms with E-state index in [0.717, 1.165) is 31.6 Å². The van der Waals surface area contributed by atoms with Crippen LogP contribution >= 0.6 is 11.8 Å². The Morgan fingerprint density at radius 2 is 2.28 bits per heavy atom. The molecule has 0 aromatic heterocycles. The minimum absolute atomic E-state index is 0.0112. The van der Waals surface area contributed by atoms with Crippen molar-refractivity contribution < 1.29 is 4.79 Å². The van der Waals surface area contributed by atoms with Crippen molar-refractivity contribution in [3.63, 3.8) is 0 Å². The molecule has 2 rings (SSSR count). The predicted molar refractivity (Wildman–Crippen MR) is 77.3 cm³/mol. The fourth-order valence-corrected chi connectivity index (χ4v) is 2.94. The lowest BCUT2D eigenvalue weighted by atomic mass is 10.1. The third-order valence-corrected chi connectivity index (χ3v) is 4.22. The molecule has 3 nitrogen and oxygen atoms in total. The van der Waals surface area contributed by atoms with Crippen molar-refractivity contribution in [3.8, 4) is 0 Å². The Morgan fingerprint density at radius 3 is 3.06 bits per heavy atom. The SMILES string of the molecule is CCNCCCc1ccc2c(c1)NC(=O)C(C)S2.